The van der Waals surface area contributed by atoms with Gasteiger partial charge in [0.05, 0.1) is 12.1 Å². The summed E-state index contributed by atoms with van der Waals surface area (Å²) in [6.45, 7) is 9.60. The predicted octanol–water partition coefficient (Wildman–Crippen LogP) is 4.66. The fourth-order valence-corrected chi connectivity index (χ4v) is 6.23. The minimum absolute atomic E-state index is 0.00988. The summed E-state index contributed by atoms with van der Waals surface area (Å²) in [5, 5.41) is 0.878. The number of ether oxygens (including phenoxy) is 1. The number of carbonyl (C=O) groups is 2. The minimum Gasteiger partial charge on any atom is -0.444 e. The fourth-order valence-electron chi connectivity index (χ4n) is 5.15. The summed E-state index contributed by atoms with van der Waals surface area (Å²) in [4.78, 5) is 29.9. The van der Waals surface area contributed by atoms with E-state index < -0.39 is 16.6 Å². The molecule has 5 rings (SSSR count). The fraction of sp³-hybridized carbons (Fsp3) is 0.429. The van der Waals surface area contributed by atoms with Gasteiger partial charge in [-0.05, 0) is 56.5 Å². The lowest BCUT2D eigenvalue weighted by atomic mass is 9.98. The molecule has 3 heterocycles. The molecule has 2 aromatic carbocycles. The van der Waals surface area contributed by atoms with Crippen LogP contribution >= 0.6 is 0 Å². The van der Waals surface area contributed by atoms with E-state index in [1.165, 1.54) is 11.1 Å². The van der Waals surface area contributed by atoms with Crippen LogP contribution in [-0.4, -0.2) is 54.4 Å². The Kier molecular flexibility index (Phi) is 6.41. The van der Waals surface area contributed by atoms with Crippen LogP contribution in [0.1, 0.15) is 60.4 Å². The summed E-state index contributed by atoms with van der Waals surface area (Å²) in [6, 6.07) is 13.9. The third kappa shape index (κ3) is 4.54. The Bertz CT molecular complexity index is 1370. The highest BCUT2D eigenvalue weighted by atomic mass is 32.2. The SMILES string of the molecule is CCS(=O)n1c2c(c3cc(C(=O)N4CCc5ccccc5C4)ccc31)CN(C(=O)OC(C)(C)C)CC2. The highest BCUT2D eigenvalue weighted by molar-refractivity contribution is 7.83. The van der Waals surface area contributed by atoms with Crippen molar-refractivity contribution in [3.05, 3.63) is 70.4 Å². The number of rotatable bonds is 3. The Balaban J connectivity index is 1.51. The predicted molar refractivity (Wildman–Crippen MR) is 141 cm³/mol. The normalized spacial score (nSPS) is 16.4. The molecule has 190 valence electrons. The van der Waals surface area contributed by atoms with Crippen LogP contribution in [0.3, 0.4) is 0 Å². The largest absolute Gasteiger partial charge is 0.444 e. The van der Waals surface area contributed by atoms with E-state index in [2.05, 4.69) is 12.1 Å². The second-order valence-corrected chi connectivity index (χ2v) is 12.0. The van der Waals surface area contributed by atoms with Gasteiger partial charge in [0.25, 0.3) is 5.91 Å². The topological polar surface area (TPSA) is 71.9 Å². The van der Waals surface area contributed by atoms with Gasteiger partial charge in [0, 0.05) is 54.0 Å². The molecule has 3 aromatic rings. The zero-order chi connectivity index (χ0) is 25.6. The van der Waals surface area contributed by atoms with Gasteiger partial charge in [-0.1, -0.05) is 31.2 Å². The number of amides is 2. The molecule has 2 amide bonds. The van der Waals surface area contributed by atoms with E-state index in [1.807, 2.05) is 66.9 Å². The van der Waals surface area contributed by atoms with Gasteiger partial charge in [0.15, 0.2) is 0 Å². The first kappa shape index (κ1) is 24.6. The van der Waals surface area contributed by atoms with Crippen LogP contribution in [0.2, 0.25) is 0 Å². The maximum Gasteiger partial charge on any atom is 0.410 e. The average Bonchev–Trinajstić information content (AvgIpc) is 3.19. The van der Waals surface area contributed by atoms with Gasteiger partial charge in [-0.15, -0.1) is 0 Å². The molecule has 0 saturated carbocycles. The van der Waals surface area contributed by atoms with Gasteiger partial charge in [-0.25, -0.2) is 9.00 Å². The quantitative estimate of drug-likeness (QED) is 0.517. The number of carbonyl (C=O) groups excluding carboxylic acids is 2. The molecular weight excluding hydrogens is 474 g/mol. The molecule has 1 aromatic heterocycles. The smallest absolute Gasteiger partial charge is 0.410 e. The molecule has 1 atom stereocenters. The van der Waals surface area contributed by atoms with Crippen molar-refractivity contribution in [1.82, 2.24) is 13.8 Å². The van der Waals surface area contributed by atoms with Crippen molar-refractivity contribution in [3.8, 4) is 0 Å². The summed E-state index contributed by atoms with van der Waals surface area (Å²) in [7, 11) is -1.22. The van der Waals surface area contributed by atoms with Crippen LogP contribution in [0.25, 0.3) is 10.9 Å². The van der Waals surface area contributed by atoms with Gasteiger partial charge in [0.2, 0.25) is 0 Å². The Morgan fingerprint density at radius 3 is 2.42 bits per heavy atom. The van der Waals surface area contributed by atoms with Gasteiger partial charge >= 0.3 is 6.09 Å². The lowest BCUT2D eigenvalue weighted by Crippen LogP contribution is -2.40. The highest BCUT2D eigenvalue weighted by Gasteiger charge is 2.31. The van der Waals surface area contributed by atoms with E-state index >= 15 is 0 Å². The average molecular weight is 508 g/mol. The molecule has 0 bridgehead atoms. The molecule has 0 N–H and O–H groups in total. The molecule has 1 unspecified atom stereocenters. The van der Waals surface area contributed by atoms with Crippen molar-refractivity contribution in [2.75, 3.05) is 18.8 Å². The van der Waals surface area contributed by atoms with E-state index in [4.69, 9.17) is 4.74 Å². The molecular formula is C28H33N3O4S. The molecule has 7 nitrogen and oxygen atoms in total. The number of aromatic nitrogens is 1. The maximum absolute atomic E-state index is 13.5. The third-order valence-electron chi connectivity index (χ3n) is 6.87. The number of benzene rings is 2. The number of hydrogen-bond acceptors (Lipinski definition) is 4. The lowest BCUT2D eigenvalue weighted by Gasteiger charge is -2.30. The lowest BCUT2D eigenvalue weighted by molar-refractivity contribution is 0.0224. The molecule has 36 heavy (non-hydrogen) atoms. The molecule has 0 fully saturated rings. The van der Waals surface area contributed by atoms with Crippen molar-refractivity contribution in [3.63, 3.8) is 0 Å². The Morgan fingerprint density at radius 2 is 1.69 bits per heavy atom. The van der Waals surface area contributed by atoms with Crippen molar-refractivity contribution in [1.29, 1.82) is 0 Å². The van der Waals surface area contributed by atoms with Crippen LogP contribution in [0.5, 0.6) is 0 Å². The first-order chi connectivity index (χ1) is 17.2. The Labute approximate surface area is 214 Å². The first-order valence-electron chi connectivity index (χ1n) is 12.6. The number of nitrogens with zero attached hydrogens (tertiary/aromatic N) is 3. The van der Waals surface area contributed by atoms with Gasteiger partial charge in [0.1, 0.15) is 16.6 Å². The zero-order valence-electron chi connectivity index (χ0n) is 21.4. The van der Waals surface area contributed by atoms with Gasteiger partial charge < -0.3 is 14.5 Å². The first-order valence-corrected chi connectivity index (χ1v) is 13.8. The standard InChI is InChI=1S/C28H33N3O4S/c1-5-36(34)31-24-11-10-20(26(32)29-14-12-19-8-6-7-9-21(19)17-29)16-22(24)23-18-30(15-13-25(23)31)27(33)35-28(2,3)4/h6-11,16H,5,12-15,17-18H2,1-4H3. The second kappa shape index (κ2) is 9.39. The molecule has 0 spiro atoms. The molecule has 0 saturated heterocycles. The van der Waals surface area contributed by atoms with Crippen LogP contribution in [0.4, 0.5) is 4.79 Å². The van der Waals surface area contributed by atoms with Crippen LogP contribution in [-0.2, 0) is 41.7 Å². The summed E-state index contributed by atoms with van der Waals surface area (Å²) in [5.74, 6) is 0.476. The van der Waals surface area contributed by atoms with E-state index in [0.717, 1.165) is 28.6 Å². The van der Waals surface area contributed by atoms with Crippen molar-refractivity contribution in [2.24, 2.45) is 0 Å². The van der Waals surface area contributed by atoms with Crippen LogP contribution < -0.4 is 0 Å². The second-order valence-electron chi connectivity index (χ2n) is 10.5. The molecule has 2 aliphatic heterocycles. The Morgan fingerprint density at radius 1 is 0.972 bits per heavy atom. The summed E-state index contributed by atoms with van der Waals surface area (Å²) >= 11 is 0. The zero-order valence-corrected chi connectivity index (χ0v) is 22.2. The minimum atomic E-state index is -1.22. The Hall–Kier alpha value is -3.13. The van der Waals surface area contributed by atoms with E-state index in [9.17, 15) is 13.8 Å². The van der Waals surface area contributed by atoms with Gasteiger partial charge in [-0.2, -0.15) is 0 Å². The highest BCUT2D eigenvalue weighted by Crippen LogP contribution is 2.33. The summed E-state index contributed by atoms with van der Waals surface area (Å²) in [5.41, 5.74) is 5.27. The van der Waals surface area contributed by atoms with Crippen molar-refractivity contribution < 1.29 is 18.5 Å². The number of hydrogen-bond donors (Lipinski definition) is 0. The van der Waals surface area contributed by atoms with E-state index in [0.29, 0.717) is 43.9 Å². The van der Waals surface area contributed by atoms with Crippen LogP contribution in [0.15, 0.2) is 42.5 Å². The molecule has 8 heteroatoms. The summed E-state index contributed by atoms with van der Waals surface area (Å²) in [6.07, 6.45) is 1.07. The maximum atomic E-state index is 13.5. The monoisotopic (exact) mass is 507 g/mol. The third-order valence-corrected chi connectivity index (χ3v) is 8.19. The van der Waals surface area contributed by atoms with E-state index in [-0.39, 0.29) is 12.0 Å². The molecule has 2 aliphatic rings. The van der Waals surface area contributed by atoms with Crippen molar-refractivity contribution in [2.45, 2.75) is 59.2 Å². The molecule has 0 radical (unpaired) electrons. The van der Waals surface area contributed by atoms with Crippen LogP contribution in [0, 0.1) is 0 Å². The van der Waals surface area contributed by atoms with Gasteiger partial charge in [-0.3, -0.25) is 8.77 Å². The number of fused-ring (bicyclic) bond motifs is 4. The van der Waals surface area contributed by atoms with E-state index in [1.54, 1.807) is 4.90 Å². The summed E-state index contributed by atoms with van der Waals surface area (Å²) < 4.78 is 20.5. The molecule has 0 aliphatic carbocycles. The van der Waals surface area contributed by atoms with Crippen molar-refractivity contribution >= 4 is 33.9 Å².